The Labute approximate surface area is 127 Å². The maximum atomic E-state index is 6.25. The number of benzene rings is 1. The molecule has 0 N–H and O–H groups in total. The molecule has 102 valence electrons. The number of rotatable bonds is 3. The summed E-state index contributed by atoms with van der Waals surface area (Å²) in [5, 5.41) is 2.14. The summed E-state index contributed by atoms with van der Waals surface area (Å²) < 4.78 is 2.09. The molecule has 0 aliphatic heterocycles. The number of aromatic nitrogens is 3. The summed E-state index contributed by atoms with van der Waals surface area (Å²) in [7, 11) is 2.02. The van der Waals surface area contributed by atoms with E-state index in [1.807, 2.05) is 19.4 Å². The second-order valence-electron chi connectivity index (χ2n) is 4.60. The van der Waals surface area contributed by atoms with Gasteiger partial charge >= 0.3 is 0 Å². The quantitative estimate of drug-likeness (QED) is 0.417. The van der Waals surface area contributed by atoms with Gasteiger partial charge in [0, 0.05) is 19.2 Å². The molecule has 0 saturated carbocycles. The monoisotopic (exact) mass is 303 g/mol. The van der Waals surface area contributed by atoms with Crippen LogP contribution in [0.4, 0.5) is 0 Å². The lowest BCUT2D eigenvalue weighted by Gasteiger charge is -2.04. The van der Waals surface area contributed by atoms with Crippen LogP contribution in [0, 0.1) is 0 Å². The van der Waals surface area contributed by atoms with Crippen LogP contribution in [-0.4, -0.2) is 20.8 Å². The summed E-state index contributed by atoms with van der Waals surface area (Å²) >= 11 is 7.75. The molecular formula is C15H14ClN3S. The number of hydrogen-bond donors (Lipinski definition) is 0. The van der Waals surface area contributed by atoms with Gasteiger partial charge in [0.25, 0.3) is 0 Å². The maximum absolute atomic E-state index is 6.25. The Balaban J connectivity index is 2.09. The van der Waals surface area contributed by atoms with Gasteiger partial charge in [0.05, 0.1) is 5.39 Å². The van der Waals surface area contributed by atoms with Crippen molar-refractivity contribution >= 4 is 34.4 Å². The fraction of sp³-hybridized carbons (Fsp3) is 0.200. The molecule has 0 unspecified atom stereocenters. The number of fused-ring (bicyclic) bond motifs is 1. The van der Waals surface area contributed by atoms with Crippen LogP contribution in [0.2, 0.25) is 5.15 Å². The number of thioether (sulfide) groups is 1. The van der Waals surface area contributed by atoms with Crippen molar-refractivity contribution in [2.24, 2.45) is 7.05 Å². The molecule has 0 atom stereocenters. The normalized spacial score (nSPS) is 11.2. The van der Waals surface area contributed by atoms with Crippen LogP contribution in [0.15, 0.2) is 41.6 Å². The van der Waals surface area contributed by atoms with E-state index in [-0.39, 0.29) is 0 Å². The molecule has 5 heteroatoms. The predicted octanol–water partition coefficient (Wildman–Crippen LogP) is 3.93. The highest BCUT2D eigenvalue weighted by Crippen LogP contribution is 2.27. The van der Waals surface area contributed by atoms with Crippen LogP contribution < -0.4 is 0 Å². The van der Waals surface area contributed by atoms with Crippen molar-refractivity contribution in [1.29, 1.82) is 0 Å². The van der Waals surface area contributed by atoms with Gasteiger partial charge < -0.3 is 4.57 Å². The molecule has 0 fully saturated rings. The molecule has 2 heterocycles. The summed E-state index contributed by atoms with van der Waals surface area (Å²) in [6.07, 6.45) is 2.81. The highest BCUT2D eigenvalue weighted by molar-refractivity contribution is 7.98. The van der Waals surface area contributed by atoms with E-state index in [4.69, 9.17) is 11.6 Å². The van der Waals surface area contributed by atoms with E-state index in [0.717, 1.165) is 17.5 Å². The Morgan fingerprint density at radius 1 is 1.20 bits per heavy atom. The van der Waals surface area contributed by atoms with Crippen molar-refractivity contribution in [2.75, 3.05) is 6.26 Å². The minimum atomic E-state index is 0.522. The Morgan fingerprint density at radius 3 is 2.65 bits per heavy atom. The summed E-state index contributed by atoms with van der Waals surface area (Å²) in [4.78, 5) is 8.83. The first-order valence-corrected chi connectivity index (χ1v) is 7.89. The van der Waals surface area contributed by atoms with Crippen LogP contribution >= 0.6 is 23.4 Å². The van der Waals surface area contributed by atoms with Gasteiger partial charge in [-0.2, -0.15) is 0 Å². The van der Waals surface area contributed by atoms with E-state index >= 15 is 0 Å². The van der Waals surface area contributed by atoms with Crippen LogP contribution in [0.1, 0.15) is 11.3 Å². The second kappa shape index (κ2) is 5.46. The predicted molar refractivity (Wildman–Crippen MR) is 84.5 cm³/mol. The molecular weight excluding hydrogens is 290 g/mol. The minimum Gasteiger partial charge on any atom is -0.332 e. The second-order valence-corrected chi connectivity index (χ2v) is 5.73. The van der Waals surface area contributed by atoms with E-state index in [2.05, 4.69) is 44.9 Å². The molecule has 3 aromatic rings. The molecule has 0 aliphatic carbocycles. The SMILES string of the molecule is CSc1nc(Cl)c2cc(Cc3ccccc3)n(C)c2n1. The third-order valence-corrected chi connectivity index (χ3v) is 4.16. The van der Waals surface area contributed by atoms with Crippen molar-refractivity contribution in [3.63, 3.8) is 0 Å². The van der Waals surface area contributed by atoms with Crippen LogP contribution in [-0.2, 0) is 13.5 Å². The van der Waals surface area contributed by atoms with Gasteiger partial charge in [0.1, 0.15) is 10.8 Å². The Hall–Kier alpha value is -1.52. The molecule has 0 saturated heterocycles. The van der Waals surface area contributed by atoms with Crippen molar-refractivity contribution in [2.45, 2.75) is 11.6 Å². The van der Waals surface area contributed by atoms with Crippen molar-refractivity contribution < 1.29 is 0 Å². The highest BCUT2D eigenvalue weighted by atomic mass is 35.5. The topological polar surface area (TPSA) is 30.7 Å². The smallest absolute Gasteiger partial charge is 0.190 e. The van der Waals surface area contributed by atoms with E-state index in [0.29, 0.717) is 10.3 Å². The summed E-state index contributed by atoms with van der Waals surface area (Å²) in [5.41, 5.74) is 3.34. The molecule has 1 aromatic carbocycles. The van der Waals surface area contributed by atoms with E-state index < -0.39 is 0 Å². The number of aryl methyl sites for hydroxylation is 1. The largest absolute Gasteiger partial charge is 0.332 e. The zero-order valence-corrected chi connectivity index (χ0v) is 12.9. The van der Waals surface area contributed by atoms with Gasteiger partial charge in [-0.3, -0.25) is 0 Å². The molecule has 2 aromatic heterocycles. The maximum Gasteiger partial charge on any atom is 0.190 e. The summed E-state index contributed by atoms with van der Waals surface area (Å²) in [5.74, 6) is 0. The highest BCUT2D eigenvalue weighted by Gasteiger charge is 2.13. The molecule has 0 spiro atoms. The lowest BCUT2D eigenvalue weighted by molar-refractivity contribution is 0.852. The summed E-state index contributed by atoms with van der Waals surface area (Å²) in [6.45, 7) is 0. The molecule has 0 radical (unpaired) electrons. The van der Waals surface area contributed by atoms with Gasteiger partial charge in [0.2, 0.25) is 0 Å². The first-order chi connectivity index (χ1) is 9.69. The molecule has 20 heavy (non-hydrogen) atoms. The van der Waals surface area contributed by atoms with Crippen LogP contribution in [0.3, 0.4) is 0 Å². The minimum absolute atomic E-state index is 0.522. The van der Waals surface area contributed by atoms with Gasteiger partial charge in [-0.1, -0.05) is 53.7 Å². The third kappa shape index (κ3) is 2.41. The molecule has 3 rings (SSSR count). The van der Waals surface area contributed by atoms with Gasteiger partial charge in [-0.15, -0.1) is 0 Å². The fourth-order valence-electron chi connectivity index (χ4n) is 2.26. The number of hydrogen-bond acceptors (Lipinski definition) is 3. The zero-order valence-electron chi connectivity index (χ0n) is 11.3. The van der Waals surface area contributed by atoms with Gasteiger partial charge in [0.15, 0.2) is 5.16 Å². The van der Waals surface area contributed by atoms with Crippen LogP contribution in [0.25, 0.3) is 11.0 Å². The van der Waals surface area contributed by atoms with Crippen LogP contribution in [0.5, 0.6) is 0 Å². The van der Waals surface area contributed by atoms with E-state index in [1.54, 1.807) is 0 Å². The lowest BCUT2D eigenvalue weighted by atomic mass is 10.1. The molecule has 3 nitrogen and oxygen atoms in total. The van der Waals surface area contributed by atoms with E-state index in [1.165, 1.54) is 23.0 Å². The zero-order chi connectivity index (χ0) is 14.1. The Kier molecular flexibility index (Phi) is 3.68. The third-order valence-electron chi connectivity index (χ3n) is 3.33. The standard InChI is InChI=1S/C15H14ClN3S/c1-19-11(8-10-6-4-3-5-7-10)9-12-13(16)17-15(20-2)18-14(12)19/h3-7,9H,8H2,1-2H3. The fourth-order valence-corrected chi connectivity index (χ4v) is 2.89. The number of halogens is 1. The van der Waals surface area contributed by atoms with Crippen molar-refractivity contribution in [3.8, 4) is 0 Å². The molecule has 0 amide bonds. The Bertz CT molecular complexity index is 753. The molecule has 0 aliphatic rings. The van der Waals surface area contributed by atoms with E-state index in [9.17, 15) is 0 Å². The first-order valence-electron chi connectivity index (χ1n) is 6.29. The molecule has 0 bridgehead atoms. The number of nitrogens with zero attached hydrogens (tertiary/aromatic N) is 3. The average molecular weight is 304 g/mol. The van der Waals surface area contributed by atoms with Gasteiger partial charge in [-0.25, -0.2) is 9.97 Å². The first kappa shape index (κ1) is 13.5. The Morgan fingerprint density at radius 2 is 1.95 bits per heavy atom. The van der Waals surface area contributed by atoms with Crippen molar-refractivity contribution in [3.05, 3.63) is 52.8 Å². The average Bonchev–Trinajstić information content (AvgIpc) is 2.78. The van der Waals surface area contributed by atoms with Crippen molar-refractivity contribution in [1.82, 2.24) is 14.5 Å². The van der Waals surface area contributed by atoms with Gasteiger partial charge in [-0.05, 0) is 17.9 Å². The lowest BCUT2D eigenvalue weighted by Crippen LogP contribution is -1.99. The summed E-state index contributed by atoms with van der Waals surface area (Å²) in [6, 6.07) is 12.5.